The number of ether oxygens (including phenoxy) is 1. The average Bonchev–Trinajstić information content (AvgIpc) is 2.27. The van der Waals surface area contributed by atoms with E-state index in [1.165, 1.54) is 6.07 Å². The van der Waals surface area contributed by atoms with Gasteiger partial charge in [0.1, 0.15) is 17.2 Å². The van der Waals surface area contributed by atoms with Crippen LogP contribution in [0.4, 0.5) is 0 Å². The van der Waals surface area contributed by atoms with Crippen LogP contribution in [0.1, 0.15) is 5.56 Å². The van der Waals surface area contributed by atoms with Crippen molar-refractivity contribution in [2.45, 2.75) is 6.92 Å². The SMILES string of the molecule is COc1ccc(-c2cc(O)cc(O)c2)cc1C. The molecular weight excluding hydrogens is 216 g/mol. The second kappa shape index (κ2) is 4.37. The lowest BCUT2D eigenvalue weighted by Crippen LogP contribution is -1.87. The quantitative estimate of drug-likeness (QED) is 0.833. The van der Waals surface area contributed by atoms with E-state index in [2.05, 4.69) is 0 Å². The van der Waals surface area contributed by atoms with Crippen LogP contribution in [0.2, 0.25) is 0 Å². The van der Waals surface area contributed by atoms with E-state index in [-0.39, 0.29) is 11.5 Å². The van der Waals surface area contributed by atoms with Crippen molar-refractivity contribution >= 4 is 0 Å². The molecule has 0 aromatic heterocycles. The molecule has 0 saturated heterocycles. The molecule has 0 atom stereocenters. The van der Waals surface area contributed by atoms with E-state index in [1.807, 2.05) is 25.1 Å². The van der Waals surface area contributed by atoms with Crippen LogP contribution in [0, 0.1) is 6.92 Å². The molecule has 2 aromatic carbocycles. The Bertz CT molecular complexity index is 527. The molecule has 0 radical (unpaired) electrons. The van der Waals surface area contributed by atoms with Gasteiger partial charge in [-0.25, -0.2) is 0 Å². The fraction of sp³-hybridized carbons (Fsp3) is 0.143. The van der Waals surface area contributed by atoms with Gasteiger partial charge in [-0.2, -0.15) is 0 Å². The van der Waals surface area contributed by atoms with E-state index in [9.17, 15) is 10.2 Å². The summed E-state index contributed by atoms with van der Waals surface area (Å²) >= 11 is 0. The van der Waals surface area contributed by atoms with Gasteiger partial charge in [0.15, 0.2) is 0 Å². The van der Waals surface area contributed by atoms with Crippen molar-refractivity contribution in [1.29, 1.82) is 0 Å². The second-order valence-corrected chi connectivity index (χ2v) is 3.92. The minimum atomic E-state index is 0.0495. The van der Waals surface area contributed by atoms with E-state index in [0.29, 0.717) is 0 Å². The van der Waals surface area contributed by atoms with E-state index in [0.717, 1.165) is 22.4 Å². The Morgan fingerprint density at radius 3 is 2.06 bits per heavy atom. The maximum atomic E-state index is 9.44. The van der Waals surface area contributed by atoms with Crippen molar-refractivity contribution < 1.29 is 14.9 Å². The van der Waals surface area contributed by atoms with Gasteiger partial charge in [0, 0.05) is 6.07 Å². The summed E-state index contributed by atoms with van der Waals surface area (Å²) in [6.45, 7) is 1.95. The molecule has 2 aromatic rings. The molecule has 0 aliphatic carbocycles. The summed E-state index contributed by atoms with van der Waals surface area (Å²) in [5.41, 5.74) is 2.70. The topological polar surface area (TPSA) is 49.7 Å². The summed E-state index contributed by atoms with van der Waals surface area (Å²) in [5.74, 6) is 0.917. The molecule has 0 fully saturated rings. The second-order valence-electron chi connectivity index (χ2n) is 3.92. The number of phenols is 2. The lowest BCUT2D eigenvalue weighted by molar-refractivity contribution is 0.412. The van der Waals surface area contributed by atoms with E-state index < -0.39 is 0 Å². The highest BCUT2D eigenvalue weighted by Crippen LogP contribution is 2.31. The molecule has 0 unspecified atom stereocenters. The van der Waals surface area contributed by atoms with E-state index in [4.69, 9.17) is 4.74 Å². The van der Waals surface area contributed by atoms with Crippen LogP contribution < -0.4 is 4.74 Å². The van der Waals surface area contributed by atoms with Crippen molar-refractivity contribution in [3.63, 3.8) is 0 Å². The first-order valence-corrected chi connectivity index (χ1v) is 5.28. The highest BCUT2D eigenvalue weighted by atomic mass is 16.5. The Labute approximate surface area is 99.9 Å². The third-order valence-corrected chi connectivity index (χ3v) is 2.63. The van der Waals surface area contributed by atoms with Gasteiger partial charge in [-0.15, -0.1) is 0 Å². The fourth-order valence-corrected chi connectivity index (χ4v) is 1.82. The van der Waals surface area contributed by atoms with Crippen LogP contribution >= 0.6 is 0 Å². The summed E-state index contributed by atoms with van der Waals surface area (Å²) in [6, 6.07) is 10.2. The normalized spacial score (nSPS) is 10.2. The molecule has 0 aliphatic rings. The molecule has 0 spiro atoms. The largest absolute Gasteiger partial charge is 0.508 e. The van der Waals surface area contributed by atoms with Crippen LogP contribution in [-0.4, -0.2) is 17.3 Å². The van der Waals surface area contributed by atoms with Crippen LogP contribution in [-0.2, 0) is 0 Å². The lowest BCUT2D eigenvalue weighted by Gasteiger charge is -2.08. The fourth-order valence-electron chi connectivity index (χ4n) is 1.82. The molecule has 2 N–H and O–H groups in total. The predicted molar refractivity (Wildman–Crippen MR) is 66.5 cm³/mol. The number of phenolic OH excluding ortho intramolecular Hbond substituents is 2. The molecule has 0 amide bonds. The number of methoxy groups -OCH3 is 1. The minimum absolute atomic E-state index is 0.0495. The maximum Gasteiger partial charge on any atom is 0.121 e. The number of hydrogen-bond donors (Lipinski definition) is 2. The zero-order valence-electron chi connectivity index (χ0n) is 9.77. The first-order chi connectivity index (χ1) is 8.10. The first-order valence-electron chi connectivity index (χ1n) is 5.28. The van der Waals surface area contributed by atoms with Gasteiger partial charge in [0.25, 0.3) is 0 Å². The van der Waals surface area contributed by atoms with Crippen LogP contribution in [0.15, 0.2) is 36.4 Å². The van der Waals surface area contributed by atoms with Crippen molar-refractivity contribution in [1.82, 2.24) is 0 Å². The zero-order valence-corrected chi connectivity index (χ0v) is 9.77. The number of hydrogen-bond acceptors (Lipinski definition) is 3. The van der Waals surface area contributed by atoms with E-state index >= 15 is 0 Å². The van der Waals surface area contributed by atoms with Gasteiger partial charge in [0.2, 0.25) is 0 Å². The Morgan fingerprint density at radius 2 is 1.53 bits per heavy atom. The standard InChI is InChI=1S/C14H14O3/c1-9-5-10(3-4-14(9)17-2)11-6-12(15)8-13(16)7-11/h3-8,15-16H,1-2H3. The summed E-state index contributed by atoms with van der Waals surface area (Å²) in [7, 11) is 1.63. The smallest absolute Gasteiger partial charge is 0.121 e. The highest BCUT2D eigenvalue weighted by molar-refractivity contribution is 5.68. The van der Waals surface area contributed by atoms with Gasteiger partial charge < -0.3 is 14.9 Å². The lowest BCUT2D eigenvalue weighted by atomic mass is 10.0. The number of aromatic hydroxyl groups is 2. The number of aryl methyl sites for hydroxylation is 1. The molecule has 0 bridgehead atoms. The Kier molecular flexibility index (Phi) is 2.91. The molecule has 0 heterocycles. The van der Waals surface area contributed by atoms with Crippen LogP contribution in [0.5, 0.6) is 17.2 Å². The predicted octanol–water partition coefficient (Wildman–Crippen LogP) is 3.08. The summed E-state index contributed by atoms with van der Waals surface area (Å²) in [6.07, 6.45) is 0. The van der Waals surface area contributed by atoms with Gasteiger partial charge >= 0.3 is 0 Å². The number of benzene rings is 2. The van der Waals surface area contributed by atoms with Crippen molar-refractivity contribution in [2.75, 3.05) is 7.11 Å². The molecular formula is C14H14O3. The summed E-state index contributed by atoms with van der Waals surface area (Å²) in [5, 5.41) is 18.9. The van der Waals surface area contributed by atoms with Gasteiger partial charge in [-0.1, -0.05) is 6.07 Å². The molecule has 3 nitrogen and oxygen atoms in total. The Hall–Kier alpha value is -2.16. The monoisotopic (exact) mass is 230 g/mol. The summed E-state index contributed by atoms with van der Waals surface area (Å²) in [4.78, 5) is 0. The first kappa shape index (κ1) is 11.3. The van der Waals surface area contributed by atoms with Crippen LogP contribution in [0.3, 0.4) is 0 Å². The highest BCUT2D eigenvalue weighted by Gasteiger charge is 2.05. The molecule has 3 heteroatoms. The van der Waals surface area contributed by atoms with Gasteiger partial charge in [0.05, 0.1) is 7.11 Å². The van der Waals surface area contributed by atoms with Crippen molar-refractivity contribution in [3.8, 4) is 28.4 Å². The molecule has 0 saturated carbocycles. The van der Waals surface area contributed by atoms with Crippen molar-refractivity contribution in [2.24, 2.45) is 0 Å². The molecule has 88 valence electrons. The third kappa shape index (κ3) is 2.33. The summed E-state index contributed by atoms with van der Waals surface area (Å²) < 4.78 is 5.18. The zero-order chi connectivity index (χ0) is 12.4. The molecule has 0 aliphatic heterocycles. The Balaban J connectivity index is 2.49. The molecule has 17 heavy (non-hydrogen) atoms. The minimum Gasteiger partial charge on any atom is -0.508 e. The Morgan fingerprint density at radius 1 is 0.882 bits per heavy atom. The van der Waals surface area contributed by atoms with Gasteiger partial charge in [-0.3, -0.25) is 0 Å². The van der Waals surface area contributed by atoms with E-state index in [1.54, 1.807) is 19.2 Å². The van der Waals surface area contributed by atoms with Crippen molar-refractivity contribution in [3.05, 3.63) is 42.0 Å². The molecule has 2 rings (SSSR count). The average molecular weight is 230 g/mol. The maximum absolute atomic E-state index is 9.44. The third-order valence-electron chi connectivity index (χ3n) is 2.63. The van der Waals surface area contributed by atoms with Gasteiger partial charge in [-0.05, 0) is 47.9 Å². The number of rotatable bonds is 2. The van der Waals surface area contributed by atoms with Crippen LogP contribution in [0.25, 0.3) is 11.1 Å².